The lowest BCUT2D eigenvalue weighted by Gasteiger charge is -2.16. The van der Waals surface area contributed by atoms with Gasteiger partial charge in [0.1, 0.15) is 22.1 Å². The van der Waals surface area contributed by atoms with Gasteiger partial charge in [0.25, 0.3) is 11.8 Å². The maximum absolute atomic E-state index is 13.4. The van der Waals surface area contributed by atoms with E-state index in [0.717, 1.165) is 16.0 Å². The van der Waals surface area contributed by atoms with Crippen LogP contribution in [0.4, 0.5) is 5.69 Å². The zero-order valence-electron chi connectivity index (χ0n) is 18.6. The van der Waals surface area contributed by atoms with Crippen molar-refractivity contribution in [2.45, 2.75) is 18.4 Å². The van der Waals surface area contributed by atoms with Gasteiger partial charge in [-0.25, -0.2) is 0 Å². The smallest absolute Gasteiger partial charge is 0.278 e. The first kappa shape index (κ1) is 22.5. The second kappa shape index (κ2) is 9.83. The summed E-state index contributed by atoms with van der Waals surface area (Å²) < 4.78 is 10.8. The first-order chi connectivity index (χ1) is 16.0. The minimum Gasteiger partial charge on any atom is -0.497 e. The number of thioether (sulfide) groups is 1. The van der Waals surface area contributed by atoms with Gasteiger partial charge in [-0.15, -0.1) is 0 Å². The van der Waals surface area contributed by atoms with Gasteiger partial charge in [0, 0.05) is 11.0 Å². The Morgan fingerprint density at radius 1 is 0.879 bits per heavy atom. The Balaban J connectivity index is 1.72. The molecule has 0 radical (unpaired) electrons. The number of hydrogen-bond donors (Lipinski definition) is 1. The maximum atomic E-state index is 13.4. The summed E-state index contributed by atoms with van der Waals surface area (Å²) in [6.45, 7) is 2.19. The van der Waals surface area contributed by atoms with Gasteiger partial charge in [-0.3, -0.25) is 14.5 Å². The molecule has 0 spiro atoms. The van der Waals surface area contributed by atoms with E-state index in [1.807, 2.05) is 61.5 Å². The molecule has 168 valence electrons. The van der Waals surface area contributed by atoms with Crippen LogP contribution in [0.15, 0.2) is 88.3 Å². The molecule has 0 fully saturated rings. The molecule has 3 aromatic rings. The quantitative estimate of drug-likeness (QED) is 0.478. The van der Waals surface area contributed by atoms with Gasteiger partial charge in [-0.1, -0.05) is 59.8 Å². The summed E-state index contributed by atoms with van der Waals surface area (Å²) >= 11 is 1.27. The number of anilines is 1. The van der Waals surface area contributed by atoms with Crippen LogP contribution in [0.1, 0.15) is 11.1 Å². The number of benzene rings is 3. The molecule has 0 unspecified atom stereocenters. The molecule has 1 aliphatic heterocycles. The second-order valence-electron chi connectivity index (χ2n) is 7.49. The van der Waals surface area contributed by atoms with Crippen molar-refractivity contribution in [2.75, 3.05) is 19.5 Å². The number of imide groups is 1. The number of rotatable bonds is 8. The number of methoxy groups -OCH3 is 2. The third-order valence-electron chi connectivity index (χ3n) is 5.22. The number of carbonyl (C=O) groups is 2. The molecular formula is C26H24N2O4S. The van der Waals surface area contributed by atoms with Gasteiger partial charge in [0.2, 0.25) is 0 Å². The van der Waals surface area contributed by atoms with Crippen molar-refractivity contribution < 1.29 is 19.1 Å². The largest absolute Gasteiger partial charge is 0.497 e. The number of nitrogens with zero attached hydrogens (tertiary/aromatic N) is 1. The van der Waals surface area contributed by atoms with Crippen LogP contribution in [0.5, 0.6) is 11.5 Å². The van der Waals surface area contributed by atoms with Crippen molar-refractivity contribution in [1.82, 2.24) is 4.90 Å². The predicted octanol–water partition coefficient (Wildman–Crippen LogP) is 5.00. The molecule has 7 heteroatoms. The molecular weight excluding hydrogens is 436 g/mol. The minimum absolute atomic E-state index is 0.191. The Morgan fingerprint density at radius 2 is 1.61 bits per heavy atom. The SMILES string of the molecule is COc1ccc(OC)c(NC2=C(Sc3ccc(C)cc3)C(=O)N(Cc3ccccc3)C2=O)c1. The van der Waals surface area contributed by atoms with Crippen LogP contribution in [0.2, 0.25) is 0 Å². The van der Waals surface area contributed by atoms with Crippen LogP contribution in [0.3, 0.4) is 0 Å². The lowest BCUT2D eigenvalue weighted by atomic mass is 10.2. The minimum atomic E-state index is -0.386. The Morgan fingerprint density at radius 3 is 2.27 bits per heavy atom. The van der Waals surface area contributed by atoms with Crippen molar-refractivity contribution in [3.8, 4) is 11.5 Å². The monoisotopic (exact) mass is 460 g/mol. The summed E-state index contributed by atoms with van der Waals surface area (Å²) in [5.41, 5.74) is 2.75. The van der Waals surface area contributed by atoms with Crippen LogP contribution in [0, 0.1) is 6.92 Å². The van der Waals surface area contributed by atoms with Crippen molar-refractivity contribution in [3.05, 3.63) is 94.5 Å². The summed E-state index contributed by atoms with van der Waals surface area (Å²) in [6.07, 6.45) is 0. The van der Waals surface area contributed by atoms with E-state index in [4.69, 9.17) is 9.47 Å². The van der Waals surface area contributed by atoms with E-state index in [-0.39, 0.29) is 24.1 Å². The number of hydrogen-bond acceptors (Lipinski definition) is 6. The molecule has 1 heterocycles. The van der Waals surface area contributed by atoms with Crippen molar-refractivity contribution in [2.24, 2.45) is 0 Å². The number of nitrogens with one attached hydrogen (secondary N) is 1. The first-order valence-electron chi connectivity index (χ1n) is 10.4. The van der Waals surface area contributed by atoms with E-state index >= 15 is 0 Å². The van der Waals surface area contributed by atoms with Gasteiger partial charge >= 0.3 is 0 Å². The molecule has 0 aliphatic carbocycles. The van der Waals surface area contributed by atoms with E-state index in [0.29, 0.717) is 22.1 Å². The van der Waals surface area contributed by atoms with Gasteiger partial charge in [-0.2, -0.15) is 0 Å². The fourth-order valence-electron chi connectivity index (χ4n) is 3.44. The first-order valence-corrected chi connectivity index (χ1v) is 11.2. The highest BCUT2D eigenvalue weighted by Crippen LogP contribution is 2.38. The average Bonchev–Trinajstić information content (AvgIpc) is 3.05. The van der Waals surface area contributed by atoms with Gasteiger partial charge < -0.3 is 14.8 Å². The molecule has 4 rings (SSSR count). The molecule has 2 amide bonds. The maximum Gasteiger partial charge on any atom is 0.278 e. The van der Waals surface area contributed by atoms with Crippen LogP contribution in [-0.4, -0.2) is 30.9 Å². The molecule has 0 bridgehead atoms. The molecule has 33 heavy (non-hydrogen) atoms. The van der Waals surface area contributed by atoms with Crippen molar-refractivity contribution in [3.63, 3.8) is 0 Å². The number of aryl methyl sites for hydroxylation is 1. The lowest BCUT2D eigenvalue weighted by molar-refractivity contribution is -0.137. The third kappa shape index (κ3) is 4.88. The zero-order chi connectivity index (χ0) is 23.4. The summed E-state index contributed by atoms with van der Waals surface area (Å²) in [4.78, 5) is 29.3. The summed E-state index contributed by atoms with van der Waals surface area (Å²) in [5, 5.41) is 3.15. The highest BCUT2D eigenvalue weighted by molar-refractivity contribution is 8.04. The van der Waals surface area contributed by atoms with Crippen LogP contribution >= 0.6 is 11.8 Å². The zero-order valence-corrected chi connectivity index (χ0v) is 19.4. The number of amides is 2. The Kier molecular flexibility index (Phi) is 6.70. The topological polar surface area (TPSA) is 67.9 Å². The van der Waals surface area contributed by atoms with E-state index in [1.54, 1.807) is 32.4 Å². The van der Waals surface area contributed by atoms with Crippen LogP contribution < -0.4 is 14.8 Å². The summed E-state index contributed by atoms with van der Waals surface area (Å²) in [5.74, 6) is 0.413. The van der Waals surface area contributed by atoms with Crippen molar-refractivity contribution >= 4 is 29.3 Å². The average molecular weight is 461 g/mol. The molecule has 1 N–H and O–H groups in total. The lowest BCUT2D eigenvalue weighted by Crippen LogP contribution is -2.31. The van der Waals surface area contributed by atoms with Crippen molar-refractivity contribution in [1.29, 1.82) is 0 Å². The summed E-state index contributed by atoms with van der Waals surface area (Å²) in [6, 6.07) is 22.5. The van der Waals surface area contributed by atoms with E-state index in [2.05, 4.69) is 5.32 Å². The van der Waals surface area contributed by atoms with Crippen LogP contribution in [-0.2, 0) is 16.1 Å². The third-order valence-corrected chi connectivity index (χ3v) is 6.31. The molecule has 0 saturated heterocycles. The Bertz CT molecular complexity index is 1210. The van der Waals surface area contributed by atoms with Gasteiger partial charge in [0.05, 0.1) is 26.5 Å². The Hall–Kier alpha value is -3.71. The van der Waals surface area contributed by atoms with E-state index in [9.17, 15) is 9.59 Å². The second-order valence-corrected chi connectivity index (χ2v) is 8.58. The molecule has 0 saturated carbocycles. The Labute approximate surface area is 197 Å². The number of ether oxygens (including phenoxy) is 2. The number of carbonyl (C=O) groups excluding carboxylic acids is 2. The fourth-order valence-corrected chi connectivity index (χ4v) is 4.38. The molecule has 1 aliphatic rings. The highest BCUT2D eigenvalue weighted by Gasteiger charge is 2.39. The molecule has 3 aromatic carbocycles. The fraction of sp³-hybridized carbons (Fsp3) is 0.154. The standard InChI is InChI=1S/C26H24N2O4S/c1-17-9-12-20(13-10-17)33-24-23(27-21-15-19(31-2)11-14-22(21)32-3)25(29)28(26(24)30)16-18-7-5-4-6-8-18/h4-15,27H,16H2,1-3H3. The molecule has 0 atom stereocenters. The van der Waals surface area contributed by atoms with Gasteiger partial charge in [-0.05, 0) is 36.8 Å². The molecule has 0 aromatic heterocycles. The van der Waals surface area contributed by atoms with Gasteiger partial charge in [0.15, 0.2) is 0 Å². The summed E-state index contributed by atoms with van der Waals surface area (Å²) in [7, 11) is 3.11. The molecule has 6 nitrogen and oxygen atoms in total. The van der Waals surface area contributed by atoms with Crippen LogP contribution in [0.25, 0.3) is 0 Å². The highest BCUT2D eigenvalue weighted by atomic mass is 32.2. The van der Waals surface area contributed by atoms with E-state index < -0.39 is 0 Å². The predicted molar refractivity (Wildman–Crippen MR) is 129 cm³/mol. The van der Waals surface area contributed by atoms with E-state index in [1.165, 1.54) is 16.7 Å². The normalized spacial score (nSPS) is 13.5.